The van der Waals surface area contributed by atoms with E-state index in [4.69, 9.17) is 5.73 Å². The number of rotatable bonds is 4. The first-order valence-electron chi connectivity index (χ1n) is 6.27. The molecule has 6 heteroatoms. The first-order valence-corrected chi connectivity index (χ1v) is 6.68. The molecule has 0 unspecified atom stereocenters. The van der Waals surface area contributed by atoms with E-state index in [1.165, 1.54) is 19.3 Å². The summed E-state index contributed by atoms with van der Waals surface area (Å²) in [7, 11) is 0. The molecule has 1 rings (SSSR count). The Labute approximate surface area is 113 Å². The number of hydrogen-bond acceptors (Lipinski definition) is 3. The quantitative estimate of drug-likeness (QED) is 0.513. The molecule has 18 heavy (non-hydrogen) atoms. The highest BCUT2D eigenvalue weighted by molar-refractivity contribution is 7.80. The lowest BCUT2D eigenvalue weighted by Crippen LogP contribution is -2.46. The minimum absolute atomic E-state index is 0.0544. The molecule has 0 aromatic carbocycles. The molecule has 0 atom stereocenters. The summed E-state index contributed by atoms with van der Waals surface area (Å²) in [6, 6.07) is 0. The summed E-state index contributed by atoms with van der Waals surface area (Å²) in [6.45, 7) is 2.75. The average molecular weight is 271 g/mol. The van der Waals surface area contributed by atoms with Gasteiger partial charge in [0.1, 0.15) is 0 Å². The van der Waals surface area contributed by atoms with Gasteiger partial charge in [-0.1, -0.05) is 38.4 Å². The van der Waals surface area contributed by atoms with E-state index >= 15 is 0 Å². The molecule has 4 N–H and O–H groups in total. The lowest BCUT2D eigenvalue weighted by molar-refractivity contribution is -0.139. The second-order valence-electron chi connectivity index (χ2n) is 5.20. The predicted molar refractivity (Wildman–Crippen MR) is 74.0 cm³/mol. The van der Waals surface area contributed by atoms with Crippen LogP contribution < -0.4 is 16.4 Å². The van der Waals surface area contributed by atoms with Crippen LogP contribution in [0.25, 0.3) is 0 Å². The molecule has 0 spiro atoms. The maximum absolute atomic E-state index is 11.5. The number of hydrogen-bond donors (Lipinski definition) is 3. The van der Waals surface area contributed by atoms with Gasteiger partial charge in [0, 0.05) is 6.54 Å². The summed E-state index contributed by atoms with van der Waals surface area (Å²) < 4.78 is 0. The molecule has 2 amide bonds. The monoisotopic (exact) mass is 271 g/mol. The molecule has 0 saturated heterocycles. The van der Waals surface area contributed by atoms with E-state index < -0.39 is 11.8 Å². The van der Waals surface area contributed by atoms with Crippen molar-refractivity contribution in [2.24, 2.45) is 11.1 Å². The Morgan fingerprint density at radius 2 is 1.72 bits per heavy atom. The third kappa shape index (κ3) is 5.00. The molecule has 5 nitrogen and oxygen atoms in total. The number of nitrogens with two attached hydrogens (primary N) is 1. The Hall–Kier alpha value is -1.17. The van der Waals surface area contributed by atoms with Crippen LogP contribution in [-0.2, 0) is 9.59 Å². The molecule has 0 aromatic rings. The topological polar surface area (TPSA) is 84.2 Å². The Balaban J connectivity index is 2.31. The van der Waals surface area contributed by atoms with Gasteiger partial charge in [0.25, 0.3) is 0 Å². The number of amides is 2. The molecule has 1 saturated carbocycles. The van der Waals surface area contributed by atoms with Crippen molar-refractivity contribution < 1.29 is 9.59 Å². The van der Waals surface area contributed by atoms with Crippen LogP contribution in [-0.4, -0.2) is 29.9 Å². The highest BCUT2D eigenvalue weighted by Crippen LogP contribution is 2.34. The standard InChI is InChI=1S/C12H21N3O2S/c1-12(5-3-2-4-6-12)8-15-11(17)10(16)14-7-9(13)18/h2-8H2,1H3,(H2,13,18)(H,14,16)(H,15,17). The summed E-state index contributed by atoms with van der Waals surface area (Å²) in [4.78, 5) is 23.1. The minimum atomic E-state index is -0.679. The normalized spacial score (nSPS) is 17.8. The van der Waals surface area contributed by atoms with E-state index in [0.29, 0.717) is 6.54 Å². The van der Waals surface area contributed by atoms with Crippen molar-refractivity contribution in [1.82, 2.24) is 10.6 Å². The predicted octanol–water partition coefficient (Wildman–Crippen LogP) is 0.475. The van der Waals surface area contributed by atoms with Gasteiger partial charge in [0.05, 0.1) is 11.5 Å². The maximum atomic E-state index is 11.5. The van der Waals surface area contributed by atoms with Crippen LogP contribution in [0.3, 0.4) is 0 Å². The first kappa shape index (κ1) is 14.9. The molecule has 102 valence electrons. The van der Waals surface area contributed by atoms with Gasteiger partial charge in [-0.25, -0.2) is 0 Å². The molecule has 0 aromatic heterocycles. The van der Waals surface area contributed by atoms with Crippen LogP contribution in [0.1, 0.15) is 39.0 Å². The van der Waals surface area contributed by atoms with Crippen molar-refractivity contribution in [3.8, 4) is 0 Å². The first-order chi connectivity index (χ1) is 8.43. The van der Waals surface area contributed by atoms with Gasteiger partial charge in [-0.05, 0) is 18.3 Å². The zero-order chi connectivity index (χ0) is 13.6. The molecular weight excluding hydrogens is 250 g/mol. The van der Waals surface area contributed by atoms with Crippen LogP contribution in [0.4, 0.5) is 0 Å². The summed E-state index contributed by atoms with van der Waals surface area (Å²) >= 11 is 4.62. The van der Waals surface area contributed by atoms with Crippen LogP contribution in [0.5, 0.6) is 0 Å². The van der Waals surface area contributed by atoms with E-state index in [-0.39, 0.29) is 16.9 Å². The van der Waals surface area contributed by atoms with Crippen LogP contribution in [0, 0.1) is 5.41 Å². The van der Waals surface area contributed by atoms with Crippen molar-refractivity contribution >= 4 is 29.0 Å². The molecule has 1 aliphatic carbocycles. The maximum Gasteiger partial charge on any atom is 0.309 e. The lowest BCUT2D eigenvalue weighted by atomic mass is 9.76. The van der Waals surface area contributed by atoms with Gasteiger partial charge in [-0.2, -0.15) is 0 Å². The number of nitrogens with one attached hydrogen (secondary N) is 2. The van der Waals surface area contributed by atoms with Crippen molar-refractivity contribution in [2.45, 2.75) is 39.0 Å². The highest BCUT2D eigenvalue weighted by atomic mass is 32.1. The van der Waals surface area contributed by atoms with Crippen LogP contribution >= 0.6 is 12.2 Å². The fraction of sp³-hybridized carbons (Fsp3) is 0.750. The Kier molecular flexibility index (Phi) is 5.53. The fourth-order valence-electron chi connectivity index (χ4n) is 2.20. The largest absolute Gasteiger partial charge is 0.392 e. The van der Waals surface area contributed by atoms with Crippen molar-refractivity contribution in [3.63, 3.8) is 0 Å². The van der Waals surface area contributed by atoms with Gasteiger partial charge >= 0.3 is 11.8 Å². The molecule has 1 aliphatic rings. The summed E-state index contributed by atoms with van der Waals surface area (Å²) in [5, 5.41) is 5.05. The van der Waals surface area contributed by atoms with E-state index in [9.17, 15) is 9.59 Å². The molecule has 0 heterocycles. The van der Waals surface area contributed by atoms with Gasteiger partial charge in [0.15, 0.2) is 0 Å². The van der Waals surface area contributed by atoms with E-state index in [1.807, 2.05) is 0 Å². The fourth-order valence-corrected chi connectivity index (χ4v) is 2.28. The Morgan fingerprint density at radius 3 is 2.28 bits per heavy atom. The molecule has 0 bridgehead atoms. The highest BCUT2D eigenvalue weighted by Gasteiger charge is 2.28. The van der Waals surface area contributed by atoms with Gasteiger partial charge in [-0.15, -0.1) is 0 Å². The van der Waals surface area contributed by atoms with Gasteiger partial charge in [-0.3, -0.25) is 9.59 Å². The molecule has 0 radical (unpaired) electrons. The average Bonchev–Trinajstić information content (AvgIpc) is 2.34. The minimum Gasteiger partial charge on any atom is -0.392 e. The zero-order valence-electron chi connectivity index (χ0n) is 10.8. The van der Waals surface area contributed by atoms with Crippen LogP contribution in [0.2, 0.25) is 0 Å². The number of carbonyl (C=O) groups is 2. The van der Waals surface area contributed by atoms with Gasteiger partial charge < -0.3 is 16.4 Å². The molecule has 0 aliphatic heterocycles. The Morgan fingerprint density at radius 1 is 1.17 bits per heavy atom. The number of carbonyl (C=O) groups excluding carboxylic acids is 2. The molecule has 1 fully saturated rings. The zero-order valence-corrected chi connectivity index (χ0v) is 11.6. The Bertz CT molecular complexity index is 338. The lowest BCUT2D eigenvalue weighted by Gasteiger charge is -2.33. The van der Waals surface area contributed by atoms with Crippen molar-refractivity contribution in [1.29, 1.82) is 0 Å². The van der Waals surface area contributed by atoms with E-state index in [0.717, 1.165) is 12.8 Å². The van der Waals surface area contributed by atoms with E-state index in [2.05, 4.69) is 29.8 Å². The summed E-state index contributed by atoms with van der Waals surface area (Å²) in [5.74, 6) is -1.29. The van der Waals surface area contributed by atoms with Crippen molar-refractivity contribution in [2.75, 3.05) is 13.1 Å². The van der Waals surface area contributed by atoms with Gasteiger partial charge in [0.2, 0.25) is 0 Å². The molecular formula is C12H21N3O2S. The summed E-state index contributed by atoms with van der Waals surface area (Å²) in [5.41, 5.74) is 5.36. The second kappa shape index (κ2) is 6.68. The van der Waals surface area contributed by atoms with E-state index in [1.54, 1.807) is 0 Å². The second-order valence-corrected chi connectivity index (χ2v) is 5.73. The smallest absolute Gasteiger partial charge is 0.309 e. The SMILES string of the molecule is CC1(CNC(=O)C(=O)NCC(N)=S)CCCCC1. The third-order valence-corrected chi connectivity index (χ3v) is 3.51. The third-order valence-electron chi connectivity index (χ3n) is 3.37. The van der Waals surface area contributed by atoms with Crippen molar-refractivity contribution in [3.05, 3.63) is 0 Å². The van der Waals surface area contributed by atoms with Crippen LogP contribution in [0.15, 0.2) is 0 Å². The number of thiocarbonyl (C=S) groups is 1. The summed E-state index contributed by atoms with van der Waals surface area (Å²) in [6.07, 6.45) is 5.85.